The summed E-state index contributed by atoms with van der Waals surface area (Å²) in [6.45, 7) is 11.1. The van der Waals surface area contributed by atoms with E-state index in [0.717, 1.165) is 63.4 Å². The monoisotopic (exact) mass is 487 g/mol. The fourth-order valence-corrected chi connectivity index (χ4v) is 6.81. The highest BCUT2D eigenvalue weighted by molar-refractivity contribution is 7.88. The van der Waals surface area contributed by atoms with Gasteiger partial charge in [0.1, 0.15) is 11.6 Å². The molecule has 0 bridgehead atoms. The van der Waals surface area contributed by atoms with Crippen LogP contribution in [-0.2, 0) is 10.0 Å². The van der Waals surface area contributed by atoms with Gasteiger partial charge in [-0.1, -0.05) is 44.2 Å². The van der Waals surface area contributed by atoms with Crippen molar-refractivity contribution in [3.63, 3.8) is 0 Å². The summed E-state index contributed by atoms with van der Waals surface area (Å²) >= 11 is 0. The van der Waals surface area contributed by atoms with E-state index < -0.39 is 10.0 Å². The van der Waals surface area contributed by atoms with Gasteiger partial charge < -0.3 is 9.47 Å². The normalized spacial score (nSPS) is 20.7. The smallest absolute Gasteiger partial charge is 0.211 e. The summed E-state index contributed by atoms with van der Waals surface area (Å²) in [4.78, 5) is 2.62. The number of aromatic nitrogens is 3. The molecule has 0 amide bonds. The first-order valence-electron chi connectivity index (χ1n) is 12.9. The number of rotatable bonds is 8. The Morgan fingerprint density at radius 3 is 2.21 bits per heavy atom. The van der Waals surface area contributed by atoms with E-state index >= 15 is 0 Å². The lowest BCUT2D eigenvalue weighted by Crippen LogP contribution is -2.40. The average molecular weight is 488 g/mol. The molecule has 2 aromatic rings. The molecule has 2 fully saturated rings. The fourth-order valence-electron chi connectivity index (χ4n) is 5.94. The SMILES string of the molecule is Cc1nnc(C(C)C)n1C1CCN(CCC(c2ccccc2)C2CCN(S(C)(=O)=O)CC2)CC1. The van der Waals surface area contributed by atoms with Crippen molar-refractivity contribution < 1.29 is 8.42 Å². The maximum Gasteiger partial charge on any atom is 0.211 e. The second kappa shape index (κ2) is 10.9. The molecule has 4 rings (SSSR count). The molecule has 7 nitrogen and oxygen atoms in total. The summed E-state index contributed by atoms with van der Waals surface area (Å²) < 4.78 is 28.0. The first-order valence-corrected chi connectivity index (χ1v) is 14.7. The van der Waals surface area contributed by atoms with Crippen LogP contribution in [0.4, 0.5) is 0 Å². The van der Waals surface area contributed by atoms with Crippen LogP contribution in [0.15, 0.2) is 30.3 Å². The Morgan fingerprint density at radius 2 is 1.62 bits per heavy atom. The molecule has 0 saturated carbocycles. The van der Waals surface area contributed by atoms with Crippen molar-refractivity contribution in [1.29, 1.82) is 0 Å². The molecule has 0 radical (unpaired) electrons. The van der Waals surface area contributed by atoms with Crippen molar-refractivity contribution in [2.75, 3.05) is 39.0 Å². The topological polar surface area (TPSA) is 71.3 Å². The number of hydrogen-bond donors (Lipinski definition) is 0. The highest BCUT2D eigenvalue weighted by Gasteiger charge is 2.31. The molecule has 188 valence electrons. The highest BCUT2D eigenvalue weighted by Crippen LogP contribution is 2.36. The predicted octanol–water partition coefficient (Wildman–Crippen LogP) is 4.19. The van der Waals surface area contributed by atoms with Gasteiger partial charge in [0.2, 0.25) is 10.0 Å². The number of nitrogens with zero attached hydrogens (tertiary/aromatic N) is 5. The minimum absolute atomic E-state index is 0.389. The summed E-state index contributed by atoms with van der Waals surface area (Å²) in [5.74, 6) is 3.55. The van der Waals surface area contributed by atoms with Crippen LogP contribution < -0.4 is 0 Å². The van der Waals surface area contributed by atoms with Gasteiger partial charge in [-0.05, 0) is 63.0 Å². The van der Waals surface area contributed by atoms with Gasteiger partial charge in [-0.15, -0.1) is 10.2 Å². The number of sulfonamides is 1. The zero-order valence-electron chi connectivity index (χ0n) is 21.2. The van der Waals surface area contributed by atoms with Crippen molar-refractivity contribution in [2.45, 2.75) is 70.8 Å². The molecule has 8 heteroatoms. The average Bonchev–Trinajstić information content (AvgIpc) is 3.22. The van der Waals surface area contributed by atoms with Crippen LogP contribution in [0.1, 0.15) is 81.0 Å². The largest absolute Gasteiger partial charge is 0.312 e. The molecule has 0 N–H and O–H groups in total. The van der Waals surface area contributed by atoms with Gasteiger partial charge >= 0.3 is 0 Å². The number of aryl methyl sites for hydroxylation is 1. The molecule has 0 spiro atoms. The first kappa shape index (κ1) is 25.3. The Balaban J connectivity index is 1.36. The maximum atomic E-state index is 12.0. The Labute approximate surface area is 205 Å². The van der Waals surface area contributed by atoms with Gasteiger partial charge in [0.05, 0.1) is 6.26 Å². The van der Waals surface area contributed by atoms with Crippen LogP contribution in [-0.4, -0.2) is 71.4 Å². The van der Waals surface area contributed by atoms with E-state index in [1.165, 1.54) is 11.8 Å². The number of hydrogen-bond acceptors (Lipinski definition) is 5. The summed E-state index contributed by atoms with van der Waals surface area (Å²) in [6, 6.07) is 11.3. The molecule has 3 heterocycles. The van der Waals surface area contributed by atoms with E-state index in [0.29, 0.717) is 36.9 Å². The third-order valence-corrected chi connectivity index (χ3v) is 9.16. The third kappa shape index (κ3) is 5.89. The van der Waals surface area contributed by atoms with Crippen LogP contribution in [0.3, 0.4) is 0 Å². The van der Waals surface area contributed by atoms with Crippen molar-refractivity contribution >= 4 is 10.0 Å². The molecule has 2 saturated heterocycles. The Bertz CT molecular complexity index is 1020. The van der Waals surface area contributed by atoms with Gasteiger partial charge in [-0.25, -0.2) is 12.7 Å². The molecular formula is C26H41N5O2S. The zero-order valence-corrected chi connectivity index (χ0v) is 22.0. The molecular weight excluding hydrogens is 446 g/mol. The molecule has 0 aliphatic carbocycles. The van der Waals surface area contributed by atoms with E-state index in [9.17, 15) is 8.42 Å². The highest BCUT2D eigenvalue weighted by atomic mass is 32.2. The predicted molar refractivity (Wildman–Crippen MR) is 136 cm³/mol. The Kier molecular flexibility index (Phi) is 8.10. The third-order valence-electron chi connectivity index (χ3n) is 7.85. The Morgan fingerprint density at radius 1 is 0.971 bits per heavy atom. The molecule has 34 heavy (non-hydrogen) atoms. The van der Waals surface area contributed by atoms with Gasteiger partial charge in [0.15, 0.2) is 0 Å². The van der Waals surface area contributed by atoms with Gasteiger partial charge in [0, 0.05) is 38.1 Å². The van der Waals surface area contributed by atoms with Crippen molar-refractivity contribution in [3.05, 3.63) is 47.5 Å². The summed E-state index contributed by atoms with van der Waals surface area (Å²) in [5.41, 5.74) is 1.40. The lowest BCUT2D eigenvalue weighted by atomic mass is 9.78. The van der Waals surface area contributed by atoms with E-state index in [-0.39, 0.29) is 0 Å². The molecule has 1 atom stereocenters. The summed E-state index contributed by atoms with van der Waals surface area (Å²) in [6.07, 6.45) is 6.63. The number of benzene rings is 1. The first-order chi connectivity index (χ1) is 16.2. The van der Waals surface area contributed by atoms with Crippen LogP contribution in [0.5, 0.6) is 0 Å². The summed E-state index contributed by atoms with van der Waals surface area (Å²) in [5, 5.41) is 8.79. The van der Waals surface area contributed by atoms with Gasteiger partial charge in [-0.3, -0.25) is 0 Å². The number of piperidine rings is 2. The van der Waals surface area contributed by atoms with E-state index in [1.54, 1.807) is 4.31 Å². The lowest BCUT2D eigenvalue weighted by molar-refractivity contribution is 0.165. The van der Waals surface area contributed by atoms with Gasteiger partial charge in [-0.2, -0.15) is 0 Å². The van der Waals surface area contributed by atoms with Crippen molar-refractivity contribution in [3.8, 4) is 0 Å². The quantitative estimate of drug-likeness (QED) is 0.558. The molecule has 1 aromatic heterocycles. The maximum absolute atomic E-state index is 12.0. The fraction of sp³-hybridized carbons (Fsp3) is 0.692. The van der Waals surface area contributed by atoms with Crippen LogP contribution >= 0.6 is 0 Å². The minimum Gasteiger partial charge on any atom is -0.312 e. The van der Waals surface area contributed by atoms with E-state index in [2.05, 4.69) is 70.8 Å². The van der Waals surface area contributed by atoms with Crippen LogP contribution in [0.25, 0.3) is 0 Å². The molecule has 2 aliphatic heterocycles. The Hall–Kier alpha value is -1.77. The minimum atomic E-state index is -3.09. The molecule has 2 aliphatic rings. The number of likely N-dealkylation sites (tertiary alicyclic amines) is 1. The van der Waals surface area contributed by atoms with E-state index in [4.69, 9.17) is 0 Å². The summed E-state index contributed by atoms with van der Waals surface area (Å²) in [7, 11) is -3.09. The molecule has 1 unspecified atom stereocenters. The molecule has 1 aromatic carbocycles. The van der Waals surface area contributed by atoms with E-state index in [1.807, 2.05) is 0 Å². The lowest BCUT2D eigenvalue weighted by Gasteiger charge is -2.38. The second-order valence-corrected chi connectivity index (χ2v) is 12.5. The van der Waals surface area contributed by atoms with Crippen LogP contribution in [0.2, 0.25) is 0 Å². The van der Waals surface area contributed by atoms with Crippen molar-refractivity contribution in [1.82, 2.24) is 24.0 Å². The van der Waals surface area contributed by atoms with Gasteiger partial charge in [0.25, 0.3) is 0 Å². The zero-order chi connectivity index (χ0) is 24.3. The van der Waals surface area contributed by atoms with Crippen molar-refractivity contribution in [2.24, 2.45) is 5.92 Å². The standard InChI is InChI=1S/C26H41N5O2S/c1-20(2)26-28-27-21(3)31(26)24-12-15-29(16-13-24)17-14-25(22-8-6-5-7-9-22)23-10-18-30(19-11-23)34(4,32)33/h5-9,20,23-25H,10-19H2,1-4H3. The second-order valence-electron chi connectivity index (χ2n) is 10.5. The van der Waals surface area contributed by atoms with Crippen LogP contribution in [0, 0.1) is 12.8 Å².